The monoisotopic (exact) mass is 448 g/mol. The summed E-state index contributed by atoms with van der Waals surface area (Å²) in [6, 6.07) is 10.8. The Morgan fingerprint density at radius 1 is 1.15 bits per heavy atom. The molecule has 0 radical (unpaired) electrons. The molecule has 8 nitrogen and oxygen atoms in total. The molecular formula is C25H28N4O4. The molecule has 3 heterocycles. The molecule has 0 aliphatic carbocycles. The predicted octanol–water partition coefficient (Wildman–Crippen LogP) is 4.06. The van der Waals surface area contributed by atoms with Crippen LogP contribution in [-0.2, 0) is 11.4 Å². The number of piperidine rings is 1. The van der Waals surface area contributed by atoms with Gasteiger partial charge < -0.3 is 19.5 Å². The third-order valence-electron chi connectivity index (χ3n) is 5.91. The Kier molecular flexibility index (Phi) is 6.72. The lowest BCUT2D eigenvalue weighted by Gasteiger charge is -2.32. The third-order valence-corrected chi connectivity index (χ3v) is 5.91. The molecule has 1 saturated heterocycles. The number of benzene rings is 1. The van der Waals surface area contributed by atoms with Gasteiger partial charge in [0.2, 0.25) is 5.91 Å². The number of nitrogens with zero attached hydrogens (tertiary/aromatic N) is 3. The van der Waals surface area contributed by atoms with Crippen LogP contribution in [0.2, 0.25) is 0 Å². The van der Waals surface area contributed by atoms with Crippen molar-refractivity contribution in [1.29, 1.82) is 0 Å². The number of hydrogen-bond acceptors (Lipinski definition) is 6. The van der Waals surface area contributed by atoms with Gasteiger partial charge in [-0.2, -0.15) is 0 Å². The molecule has 1 atom stereocenters. The lowest BCUT2D eigenvalue weighted by atomic mass is 9.96. The minimum absolute atomic E-state index is 0.0850. The number of aryl methyl sites for hydroxylation is 3. The van der Waals surface area contributed by atoms with Crippen molar-refractivity contribution < 1.29 is 18.8 Å². The highest BCUT2D eigenvalue weighted by Gasteiger charge is 2.29. The van der Waals surface area contributed by atoms with Crippen molar-refractivity contribution in [3.8, 4) is 5.75 Å². The van der Waals surface area contributed by atoms with Crippen molar-refractivity contribution in [3.63, 3.8) is 0 Å². The molecule has 1 aliphatic heterocycles. The number of aromatic nitrogens is 2. The van der Waals surface area contributed by atoms with Gasteiger partial charge in [0.25, 0.3) is 5.91 Å². The second-order valence-corrected chi connectivity index (χ2v) is 8.42. The zero-order valence-electron chi connectivity index (χ0n) is 19.1. The number of ether oxygens (including phenoxy) is 1. The van der Waals surface area contributed by atoms with Gasteiger partial charge in [0, 0.05) is 24.8 Å². The number of nitrogens with one attached hydrogen (secondary N) is 1. The Balaban J connectivity index is 1.34. The quantitative estimate of drug-likeness (QED) is 0.611. The maximum absolute atomic E-state index is 13.0. The van der Waals surface area contributed by atoms with Gasteiger partial charge in [-0.05, 0) is 69.5 Å². The minimum Gasteiger partial charge on any atom is -0.489 e. The highest BCUT2D eigenvalue weighted by atomic mass is 16.5. The van der Waals surface area contributed by atoms with Gasteiger partial charge in [-0.1, -0.05) is 11.2 Å². The van der Waals surface area contributed by atoms with Crippen LogP contribution in [0.1, 0.15) is 45.8 Å². The van der Waals surface area contributed by atoms with Crippen LogP contribution >= 0.6 is 0 Å². The van der Waals surface area contributed by atoms with Crippen molar-refractivity contribution in [2.75, 3.05) is 18.4 Å². The van der Waals surface area contributed by atoms with Crippen LogP contribution in [0, 0.1) is 26.7 Å². The summed E-state index contributed by atoms with van der Waals surface area (Å²) in [4.78, 5) is 31.7. The van der Waals surface area contributed by atoms with Crippen LogP contribution in [0.15, 0.2) is 47.1 Å². The lowest BCUT2D eigenvalue weighted by molar-refractivity contribution is -0.121. The predicted molar refractivity (Wildman–Crippen MR) is 123 cm³/mol. The number of hydrogen-bond donors (Lipinski definition) is 1. The summed E-state index contributed by atoms with van der Waals surface area (Å²) in [6.45, 7) is 7.05. The van der Waals surface area contributed by atoms with Gasteiger partial charge in [0.15, 0.2) is 0 Å². The second kappa shape index (κ2) is 9.85. The van der Waals surface area contributed by atoms with E-state index in [1.54, 1.807) is 41.4 Å². The van der Waals surface area contributed by atoms with Crippen LogP contribution in [0.25, 0.3) is 0 Å². The fraction of sp³-hybridized carbons (Fsp3) is 0.360. The molecule has 1 aliphatic rings. The molecule has 1 fully saturated rings. The fourth-order valence-corrected chi connectivity index (χ4v) is 3.89. The Hall–Kier alpha value is -3.68. The molecule has 1 aromatic carbocycles. The maximum atomic E-state index is 13.0. The van der Waals surface area contributed by atoms with Crippen LogP contribution in [-0.4, -0.2) is 39.9 Å². The smallest absolute Gasteiger partial charge is 0.253 e. The van der Waals surface area contributed by atoms with Gasteiger partial charge in [-0.25, -0.2) is 4.98 Å². The number of carbonyl (C=O) groups is 2. The minimum atomic E-state index is -0.261. The summed E-state index contributed by atoms with van der Waals surface area (Å²) in [6.07, 6.45) is 3.24. The largest absolute Gasteiger partial charge is 0.489 e. The van der Waals surface area contributed by atoms with E-state index in [1.165, 1.54) is 0 Å². The SMILES string of the molecule is Cc1ccc(NC(=O)C2CCCN(C(=O)c3ccc(OCc4c(C)noc4C)cc3)C2)nc1. The normalized spacial score (nSPS) is 15.8. The summed E-state index contributed by atoms with van der Waals surface area (Å²) in [5.41, 5.74) is 3.33. The number of rotatable bonds is 6. The van der Waals surface area contributed by atoms with Crippen molar-refractivity contribution in [2.45, 2.75) is 40.2 Å². The highest BCUT2D eigenvalue weighted by Crippen LogP contribution is 2.22. The second-order valence-electron chi connectivity index (χ2n) is 8.42. The first-order valence-electron chi connectivity index (χ1n) is 11.1. The van der Waals surface area contributed by atoms with E-state index in [0.717, 1.165) is 35.4 Å². The molecule has 3 aromatic rings. The first-order valence-corrected chi connectivity index (χ1v) is 11.1. The Bertz CT molecular complexity index is 1100. The number of pyridine rings is 1. The van der Waals surface area contributed by atoms with Crippen molar-refractivity contribution in [2.24, 2.45) is 5.92 Å². The molecule has 1 N–H and O–H groups in total. The first kappa shape index (κ1) is 22.5. The number of carbonyl (C=O) groups excluding carboxylic acids is 2. The molecule has 2 aromatic heterocycles. The molecule has 4 rings (SSSR count). The van der Waals surface area contributed by atoms with E-state index >= 15 is 0 Å². The van der Waals surface area contributed by atoms with Crippen molar-refractivity contribution in [3.05, 3.63) is 70.7 Å². The summed E-state index contributed by atoms with van der Waals surface area (Å²) < 4.78 is 11.0. The molecule has 8 heteroatoms. The van der Waals surface area contributed by atoms with Crippen LogP contribution in [0.4, 0.5) is 5.82 Å². The Morgan fingerprint density at radius 3 is 2.61 bits per heavy atom. The summed E-state index contributed by atoms with van der Waals surface area (Å²) >= 11 is 0. The van der Waals surface area contributed by atoms with E-state index in [0.29, 0.717) is 36.8 Å². The molecular weight excluding hydrogens is 420 g/mol. The molecule has 0 saturated carbocycles. The maximum Gasteiger partial charge on any atom is 0.253 e. The molecule has 172 valence electrons. The van der Waals surface area contributed by atoms with Gasteiger partial charge in [-0.3, -0.25) is 9.59 Å². The lowest BCUT2D eigenvalue weighted by Crippen LogP contribution is -2.43. The van der Waals surface area contributed by atoms with Gasteiger partial charge >= 0.3 is 0 Å². The highest BCUT2D eigenvalue weighted by molar-refractivity contribution is 5.96. The average Bonchev–Trinajstić information content (AvgIpc) is 3.16. The van der Waals surface area contributed by atoms with E-state index in [1.807, 2.05) is 26.8 Å². The Labute approximate surface area is 192 Å². The van der Waals surface area contributed by atoms with Gasteiger partial charge in [0.1, 0.15) is 23.9 Å². The Morgan fingerprint density at radius 2 is 1.94 bits per heavy atom. The molecule has 33 heavy (non-hydrogen) atoms. The zero-order chi connectivity index (χ0) is 23.4. The molecule has 1 unspecified atom stereocenters. The van der Waals surface area contributed by atoms with Crippen LogP contribution in [0.5, 0.6) is 5.75 Å². The number of likely N-dealkylation sites (tertiary alicyclic amines) is 1. The first-order chi connectivity index (χ1) is 15.9. The molecule has 0 spiro atoms. The molecule has 0 bridgehead atoms. The topological polar surface area (TPSA) is 97.6 Å². The van der Waals surface area contributed by atoms with Gasteiger partial charge in [0.05, 0.1) is 17.2 Å². The molecule has 2 amide bonds. The summed E-state index contributed by atoms with van der Waals surface area (Å²) in [5, 5.41) is 6.79. The van der Waals surface area contributed by atoms with Crippen LogP contribution in [0.3, 0.4) is 0 Å². The third kappa shape index (κ3) is 5.39. The number of amides is 2. The van der Waals surface area contributed by atoms with E-state index < -0.39 is 0 Å². The van der Waals surface area contributed by atoms with Crippen molar-refractivity contribution in [1.82, 2.24) is 15.0 Å². The van der Waals surface area contributed by atoms with E-state index in [2.05, 4.69) is 15.5 Å². The summed E-state index contributed by atoms with van der Waals surface area (Å²) in [7, 11) is 0. The van der Waals surface area contributed by atoms with E-state index in [9.17, 15) is 9.59 Å². The zero-order valence-corrected chi connectivity index (χ0v) is 19.1. The average molecular weight is 449 g/mol. The van der Waals surface area contributed by atoms with E-state index in [-0.39, 0.29) is 17.7 Å². The fourth-order valence-electron chi connectivity index (χ4n) is 3.89. The van der Waals surface area contributed by atoms with Crippen LogP contribution < -0.4 is 10.1 Å². The summed E-state index contributed by atoms with van der Waals surface area (Å²) in [5.74, 6) is 1.48. The standard InChI is InChI=1S/C25H28N4O4/c1-16-6-11-23(26-13-16)27-24(30)20-5-4-12-29(14-20)25(31)19-7-9-21(10-8-19)32-15-22-17(2)28-33-18(22)3/h6-11,13,20H,4-5,12,14-15H2,1-3H3,(H,26,27,30). The number of anilines is 1. The van der Waals surface area contributed by atoms with E-state index in [4.69, 9.17) is 9.26 Å². The van der Waals surface area contributed by atoms with Gasteiger partial charge in [-0.15, -0.1) is 0 Å². The van der Waals surface area contributed by atoms with Crippen molar-refractivity contribution >= 4 is 17.6 Å².